The van der Waals surface area contributed by atoms with Crippen molar-refractivity contribution in [3.63, 3.8) is 0 Å². The van der Waals surface area contributed by atoms with E-state index >= 15 is 0 Å². The van der Waals surface area contributed by atoms with Crippen LogP contribution >= 0.6 is 15.9 Å². The molecular weight excluding hydrogens is 264 g/mol. The lowest BCUT2D eigenvalue weighted by atomic mass is 9.95. The van der Waals surface area contributed by atoms with Crippen LogP contribution in [0.1, 0.15) is 11.1 Å². The molecule has 2 aromatic carbocycles. The summed E-state index contributed by atoms with van der Waals surface area (Å²) in [7, 11) is 0. The lowest BCUT2D eigenvalue weighted by Crippen LogP contribution is -1.89. The summed E-state index contributed by atoms with van der Waals surface area (Å²) in [5, 5.41) is 9.89. The molecule has 0 fully saturated rings. The molecule has 0 aliphatic heterocycles. The van der Waals surface area contributed by atoms with Gasteiger partial charge in [-0.15, -0.1) is 0 Å². The van der Waals surface area contributed by atoms with E-state index in [9.17, 15) is 5.11 Å². The molecule has 1 nitrogen and oxygen atoms in total. The first kappa shape index (κ1) is 11.2. The Kier molecular flexibility index (Phi) is 3.01. The van der Waals surface area contributed by atoms with Gasteiger partial charge in [0.2, 0.25) is 0 Å². The van der Waals surface area contributed by atoms with E-state index in [2.05, 4.69) is 35.8 Å². The third kappa shape index (κ3) is 1.85. The highest BCUT2D eigenvalue weighted by atomic mass is 79.9. The zero-order chi connectivity index (χ0) is 11.7. The predicted molar refractivity (Wildman–Crippen MR) is 70.7 cm³/mol. The van der Waals surface area contributed by atoms with Crippen molar-refractivity contribution in [2.45, 2.75) is 13.8 Å². The fraction of sp³-hybridized carbons (Fsp3) is 0.143. The minimum atomic E-state index is 0.326. The molecule has 0 heterocycles. The Morgan fingerprint density at radius 3 is 2.38 bits per heavy atom. The normalized spacial score (nSPS) is 10.4. The van der Waals surface area contributed by atoms with Crippen LogP contribution in [-0.2, 0) is 0 Å². The smallest absolute Gasteiger partial charge is 0.123 e. The van der Waals surface area contributed by atoms with E-state index < -0.39 is 0 Å². The number of para-hydroxylation sites is 1. The summed E-state index contributed by atoms with van der Waals surface area (Å²) in [6.45, 7) is 4.11. The second-order valence-corrected chi connectivity index (χ2v) is 4.74. The molecule has 0 saturated heterocycles. The molecule has 0 atom stereocenters. The first-order chi connectivity index (χ1) is 7.61. The second kappa shape index (κ2) is 4.30. The van der Waals surface area contributed by atoms with Crippen molar-refractivity contribution in [3.8, 4) is 16.9 Å². The molecule has 1 N–H and O–H groups in total. The number of rotatable bonds is 1. The summed E-state index contributed by atoms with van der Waals surface area (Å²) in [6, 6.07) is 11.5. The monoisotopic (exact) mass is 276 g/mol. The Hall–Kier alpha value is -1.28. The van der Waals surface area contributed by atoms with E-state index in [1.807, 2.05) is 24.3 Å². The van der Waals surface area contributed by atoms with E-state index in [1.165, 1.54) is 5.56 Å². The van der Waals surface area contributed by atoms with Gasteiger partial charge in [-0.3, -0.25) is 0 Å². The molecule has 0 bridgehead atoms. The zero-order valence-electron chi connectivity index (χ0n) is 9.29. The fourth-order valence-electron chi connectivity index (χ4n) is 1.92. The van der Waals surface area contributed by atoms with Crippen LogP contribution in [-0.4, -0.2) is 5.11 Å². The van der Waals surface area contributed by atoms with Crippen LogP contribution in [0, 0.1) is 13.8 Å². The van der Waals surface area contributed by atoms with Gasteiger partial charge in [0.15, 0.2) is 0 Å². The molecule has 0 amide bonds. The van der Waals surface area contributed by atoms with Gasteiger partial charge < -0.3 is 5.11 Å². The third-order valence-corrected chi connectivity index (χ3v) is 3.64. The van der Waals surface area contributed by atoms with Gasteiger partial charge in [-0.1, -0.05) is 40.2 Å². The van der Waals surface area contributed by atoms with Crippen molar-refractivity contribution < 1.29 is 5.11 Å². The Labute approximate surface area is 104 Å². The van der Waals surface area contributed by atoms with Gasteiger partial charge in [0.25, 0.3) is 0 Å². The number of halogens is 1. The van der Waals surface area contributed by atoms with Gasteiger partial charge in [0.1, 0.15) is 5.75 Å². The highest BCUT2D eigenvalue weighted by molar-refractivity contribution is 9.10. The van der Waals surface area contributed by atoms with E-state index in [0.717, 1.165) is 21.2 Å². The van der Waals surface area contributed by atoms with Crippen LogP contribution in [0.5, 0.6) is 5.75 Å². The van der Waals surface area contributed by atoms with Gasteiger partial charge in [0, 0.05) is 10.0 Å². The Morgan fingerprint density at radius 2 is 1.69 bits per heavy atom. The number of benzene rings is 2. The average Bonchev–Trinajstić information content (AvgIpc) is 2.27. The van der Waals surface area contributed by atoms with Crippen molar-refractivity contribution in [1.29, 1.82) is 0 Å². The summed E-state index contributed by atoms with van der Waals surface area (Å²) in [5.74, 6) is 0.326. The van der Waals surface area contributed by atoms with Gasteiger partial charge in [0.05, 0.1) is 0 Å². The van der Waals surface area contributed by atoms with Crippen molar-refractivity contribution in [2.75, 3.05) is 0 Å². The van der Waals surface area contributed by atoms with Gasteiger partial charge in [-0.25, -0.2) is 0 Å². The molecule has 0 unspecified atom stereocenters. The molecule has 16 heavy (non-hydrogen) atoms. The highest BCUT2D eigenvalue weighted by Crippen LogP contribution is 2.36. The standard InChI is InChI=1S/C14H13BrO/c1-9-7-8-12(15)10(2)14(9)11-5-3-4-6-13(11)16/h3-8,16H,1-2H3. The number of phenols is 1. The zero-order valence-corrected chi connectivity index (χ0v) is 10.9. The molecular formula is C14H13BrO. The first-order valence-electron chi connectivity index (χ1n) is 5.15. The fourth-order valence-corrected chi connectivity index (χ4v) is 2.25. The lowest BCUT2D eigenvalue weighted by Gasteiger charge is -2.12. The molecule has 2 rings (SSSR count). The van der Waals surface area contributed by atoms with Crippen molar-refractivity contribution in [2.24, 2.45) is 0 Å². The van der Waals surface area contributed by atoms with Crippen LogP contribution in [0.4, 0.5) is 0 Å². The van der Waals surface area contributed by atoms with Crippen LogP contribution in [0.25, 0.3) is 11.1 Å². The van der Waals surface area contributed by atoms with Crippen LogP contribution in [0.15, 0.2) is 40.9 Å². The van der Waals surface area contributed by atoms with Gasteiger partial charge in [-0.2, -0.15) is 0 Å². The van der Waals surface area contributed by atoms with Gasteiger partial charge in [-0.05, 0) is 42.7 Å². The van der Waals surface area contributed by atoms with Crippen LogP contribution < -0.4 is 0 Å². The SMILES string of the molecule is Cc1ccc(Br)c(C)c1-c1ccccc1O. The Bertz CT molecular complexity index is 532. The number of aryl methyl sites for hydroxylation is 1. The Balaban J connectivity index is 2.74. The van der Waals surface area contributed by atoms with E-state index in [-0.39, 0.29) is 0 Å². The average molecular weight is 277 g/mol. The molecule has 0 aliphatic rings. The molecule has 0 saturated carbocycles. The summed E-state index contributed by atoms with van der Waals surface area (Å²) in [6.07, 6.45) is 0. The molecule has 0 radical (unpaired) electrons. The number of hydrogen-bond acceptors (Lipinski definition) is 1. The second-order valence-electron chi connectivity index (χ2n) is 3.88. The maximum atomic E-state index is 9.89. The number of phenolic OH excluding ortho intramolecular Hbond substituents is 1. The van der Waals surface area contributed by atoms with Crippen molar-refractivity contribution in [3.05, 3.63) is 52.0 Å². The lowest BCUT2D eigenvalue weighted by molar-refractivity contribution is 0.477. The maximum absolute atomic E-state index is 9.89. The van der Waals surface area contributed by atoms with Crippen LogP contribution in [0.2, 0.25) is 0 Å². The minimum Gasteiger partial charge on any atom is -0.507 e. The largest absolute Gasteiger partial charge is 0.507 e. The molecule has 0 spiro atoms. The third-order valence-electron chi connectivity index (χ3n) is 2.78. The van der Waals surface area contributed by atoms with Gasteiger partial charge >= 0.3 is 0 Å². The highest BCUT2D eigenvalue weighted by Gasteiger charge is 2.11. The molecule has 0 aliphatic carbocycles. The van der Waals surface area contributed by atoms with E-state index in [1.54, 1.807) is 6.07 Å². The molecule has 2 aromatic rings. The van der Waals surface area contributed by atoms with Crippen molar-refractivity contribution in [1.82, 2.24) is 0 Å². The Morgan fingerprint density at radius 1 is 1.00 bits per heavy atom. The molecule has 82 valence electrons. The molecule has 2 heteroatoms. The summed E-state index contributed by atoms with van der Waals surface area (Å²) in [5.41, 5.74) is 4.31. The summed E-state index contributed by atoms with van der Waals surface area (Å²) >= 11 is 3.52. The quantitative estimate of drug-likeness (QED) is 0.817. The number of hydrogen-bond donors (Lipinski definition) is 1. The maximum Gasteiger partial charge on any atom is 0.123 e. The minimum absolute atomic E-state index is 0.326. The van der Waals surface area contributed by atoms with E-state index in [0.29, 0.717) is 5.75 Å². The van der Waals surface area contributed by atoms with E-state index in [4.69, 9.17) is 0 Å². The predicted octanol–water partition coefficient (Wildman–Crippen LogP) is 4.44. The summed E-state index contributed by atoms with van der Waals surface area (Å²) < 4.78 is 1.07. The van der Waals surface area contributed by atoms with Crippen molar-refractivity contribution >= 4 is 15.9 Å². The summed E-state index contributed by atoms with van der Waals surface area (Å²) in [4.78, 5) is 0. The van der Waals surface area contributed by atoms with Crippen LogP contribution in [0.3, 0.4) is 0 Å². The molecule has 0 aromatic heterocycles. The first-order valence-corrected chi connectivity index (χ1v) is 5.94. The number of aromatic hydroxyl groups is 1. The topological polar surface area (TPSA) is 20.2 Å².